The molecule has 0 rings (SSSR count). The van der Waals surface area contributed by atoms with Crippen molar-refractivity contribution in [1.82, 2.24) is 0 Å². The molecule has 74 valence electrons. The van der Waals surface area contributed by atoms with E-state index in [2.05, 4.69) is 26.0 Å². The summed E-state index contributed by atoms with van der Waals surface area (Å²) in [4.78, 5) is 0. The van der Waals surface area contributed by atoms with Crippen molar-refractivity contribution in [3.63, 3.8) is 0 Å². The van der Waals surface area contributed by atoms with Crippen molar-refractivity contribution in [2.45, 2.75) is 40.5 Å². The molecule has 1 atom stereocenters. The molecule has 0 saturated heterocycles. The molecule has 0 heterocycles. The summed E-state index contributed by atoms with van der Waals surface area (Å²) < 4.78 is 4.96. The van der Waals surface area contributed by atoms with Crippen molar-refractivity contribution in [3.8, 4) is 0 Å². The summed E-state index contributed by atoms with van der Waals surface area (Å²) in [5.41, 5.74) is 0. The minimum absolute atomic E-state index is 0.667. The van der Waals surface area contributed by atoms with Gasteiger partial charge in [0.2, 0.25) is 0 Å². The fraction of sp³-hybridized carbons (Fsp3) is 0.818. The summed E-state index contributed by atoms with van der Waals surface area (Å²) in [5, 5.41) is 0. The monoisotopic (exact) mass is 172 g/mol. The number of hydrogen-bond donors (Lipinski definition) is 0. The molecule has 12 heavy (non-hydrogen) atoms. The first-order valence-corrected chi connectivity index (χ1v) is 4.96. The van der Waals surface area contributed by atoms with Gasteiger partial charge in [0, 0.05) is 13.7 Å². The highest BCUT2D eigenvalue weighted by atomic mass is 16.5. The Morgan fingerprint density at radius 3 is 2.33 bits per heavy atom. The lowest BCUT2D eigenvalue weighted by atomic mass is 10.1. The van der Waals surface area contributed by atoms with E-state index < -0.39 is 0 Å². The van der Waals surface area contributed by atoms with Crippen LogP contribution in [0.1, 0.15) is 40.5 Å². The highest BCUT2D eigenvalue weighted by molar-refractivity contribution is 4.84. The van der Waals surface area contributed by atoms with Crippen molar-refractivity contribution in [2.24, 2.45) is 5.92 Å². The summed E-state index contributed by atoms with van der Waals surface area (Å²) in [6.07, 6.45) is 6.73. The smallest absolute Gasteiger partial charge is 0.0467 e. The third-order valence-corrected chi connectivity index (χ3v) is 1.48. The van der Waals surface area contributed by atoms with Gasteiger partial charge in [-0.15, -0.1) is 0 Å². The van der Waals surface area contributed by atoms with E-state index in [9.17, 15) is 0 Å². The lowest BCUT2D eigenvalue weighted by Crippen LogP contribution is -1.95. The van der Waals surface area contributed by atoms with Gasteiger partial charge in [0.1, 0.15) is 0 Å². The first-order chi connectivity index (χ1) is 5.81. The Kier molecular flexibility index (Phi) is 15.8. The summed E-state index contributed by atoms with van der Waals surface area (Å²) in [7, 11) is 1.75. The van der Waals surface area contributed by atoms with Crippen LogP contribution in [-0.4, -0.2) is 13.7 Å². The van der Waals surface area contributed by atoms with E-state index in [0.717, 1.165) is 19.4 Å². The summed E-state index contributed by atoms with van der Waals surface area (Å²) in [6, 6.07) is 0. The summed E-state index contributed by atoms with van der Waals surface area (Å²) in [6.45, 7) is 9.24. The van der Waals surface area contributed by atoms with Crippen molar-refractivity contribution >= 4 is 0 Å². The molecule has 0 fully saturated rings. The molecule has 0 aliphatic rings. The molecule has 0 spiro atoms. The van der Waals surface area contributed by atoms with Crippen molar-refractivity contribution < 1.29 is 4.74 Å². The molecule has 1 unspecified atom stereocenters. The predicted octanol–water partition coefficient (Wildman–Crippen LogP) is 3.65. The van der Waals surface area contributed by atoms with E-state index in [-0.39, 0.29) is 0 Å². The van der Waals surface area contributed by atoms with Gasteiger partial charge in [0.15, 0.2) is 0 Å². The van der Waals surface area contributed by atoms with E-state index in [1.165, 1.54) is 0 Å². The maximum absolute atomic E-state index is 4.96. The van der Waals surface area contributed by atoms with Gasteiger partial charge in [0.25, 0.3) is 0 Å². The van der Waals surface area contributed by atoms with E-state index in [1.54, 1.807) is 7.11 Å². The van der Waals surface area contributed by atoms with Gasteiger partial charge in [0.05, 0.1) is 0 Å². The number of rotatable bonds is 5. The predicted molar refractivity (Wildman–Crippen MR) is 56.4 cm³/mol. The van der Waals surface area contributed by atoms with E-state index in [4.69, 9.17) is 4.74 Å². The molecule has 0 saturated carbocycles. The lowest BCUT2D eigenvalue weighted by molar-refractivity contribution is 0.186. The molecule has 1 nitrogen and oxygen atoms in total. The highest BCUT2D eigenvalue weighted by Crippen LogP contribution is 2.03. The quantitative estimate of drug-likeness (QED) is 0.575. The average molecular weight is 172 g/mol. The number of hydrogen-bond acceptors (Lipinski definition) is 1. The molecule has 1 heteroatoms. The normalized spacial score (nSPS) is 12.4. The molecule has 0 aliphatic heterocycles. The first kappa shape index (κ1) is 14.2. The third kappa shape index (κ3) is 12.4. The van der Waals surface area contributed by atoms with Crippen LogP contribution in [0.4, 0.5) is 0 Å². The summed E-state index contributed by atoms with van der Waals surface area (Å²) in [5.74, 6) is 0.667. The molecular formula is C11H24O. The number of allylic oxidation sites excluding steroid dienone is 2. The molecule has 0 aromatic carbocycles. The maximum atomic E-state index is 4.96. The van der Waals surface area contributed by atoms with Gasteiger partial charge in [-0.1, -0.05) is 39.8 Å². The summed E-state index contributed by atoms with van der Waals surface area (Å²) >= 11 is 0. The minimum Gasteiger partial charge on any atom is -0.385 e. The molecular weight excluding hydrogens is 148 g/mol. The Bertz CT molecular complexity index is 87.0. The van der Waals surface area contributed by atoms with E-state index in [0.29, 0.717) is 5.92 Å². The zero-order valence-electron chi connectivity index (χ0n) is 9.26. The Morgan fingerprint density at radius 2 is 1.92 bits per heavy atom. The Labute approximate surface area is 77.8 Å². The fourth-order valence-corrected chi connectivity index (χ4v) is 0.768. The topological polar surface area (TPSA) is 9.23 Å². The first-order valence-electron chi connectivity index (χ1n) is 4.96. The van der Waals surface area contributed by atoms with Crippen LogP contribution in [0.25, 0.3) is 0 Å². The Morgan fingerprint density at radius 1 is 1.33 bits per heavy atom. The van der Waals surface area contributed by atoms with Gasteiger partial charge in [-0.2, -0.15) is 0 Å². The van der Waals surface area contributed by atoms with Crippen LogP contribution in [0.2, 0.25) is 0 Å². The van der Waals surface area contributed by atoms with E-state index >= 15 is 0 Å². The van der Waals surface area contributed by atoms with Crippen LogP contribution in [0.15, 0.2) is 12.2 Å². The van der Waals surface area contributed by atoms with Gasteiger partial charge in [-0.3, -0.25) is 0 Å². The second kappa shape index (κ2) is 13.3. The van der Waals surface area contributed by atoms with Crippen LogP contribution >= 0.6 is 0 Å². The van der Waals surface area contributed by atoms with Gasteiger partial charge >= 0.3 is 0 Å². The molecule has 0 N–H and O–H groups in total. The zero-order chi connectivity index (χ0) is 9.82. The second-order valence-corrected chi connectivity index (χ2v) is 2.60. The van der Waals surface area contributed by atoms with Crippen LogP contribution in [0.5, 0.6) is 0 Å². The van der Waals surface area contributed by atoms with Gasteiger partial charge in [-0.25, -0.2) is 0 Å². The fourth-order valence-electron chi connectivity index (χ4n) is 0.768. The molecule has 0 aromatic heterocycles. The number of ether oxygens (including phenoxy) is 1. The highest BCUT2D eigenvalue weighted by Gasteiger charge is 1.93. The van der Waals surface area contributed by atoms with Crippen LogP contribution < -0.4 is 0 Å². The van der Waals surface area contributed by atoms with Crippen LogP contribution in [0.3, 0.4) is 0 Å². The number of methoxy groups -OCH3 is 1. The Balaban J connectivity index is 0. The largest absolute Gasteiger partial charge is 0.385 e. The standard InChI is InChI=1S/C9H18O.C2H6/c1-4-5-6-9(2)7-8-10-3;1-2/h5-6,9H,4,7-8H2,1-3H3;1-2H3/b6-5+;. The minimum atomic E-state index is 0.667. The van der Waals surface area contributed by atoms with Crippen LogP contribution in [0, 0.1) is 5.92 Å². The second-order valence-electron chi connectivity index (χ2n) is 2.60. The van der Waals surface area contributed by atoms with Crippen LogP contribution in [-0.2, 0) is 4.74 Å². The lowest BCUT2D eigenvalue weighted by Gasteiger charge is -2.03. The molecule has 0 amide bonds. The average Bonchev–Trinajstić information content (AvgIpc) is 2.14. The zero-order valence-corrected chi connectivity index (χ0v) is 9.26. The molecule has 0 aliphatic carbocycles. The molecule has 0 aromatic rings. The maximum Gasteiger partial charge on any atom is 0.0467 e. The molecule has 0 radical (unpaired) electrons. The van der Waals surface area contributed by atoms with Crippen molar-refractivity contribution in [3.05, 3.63) is 12.2 Å². The van der Waals surface area contributed by atoms with Crippen molar-refractivity contribution in [1.29, 1.82) is 0 Å². The third-order valence-electron chi connectivity index (χ3n) is 1.48. The van der Waals surface area contributed by atoms with Gasteiger partial charge < -0.3 is 4.74 Å². The van der Waals surface area contributed by atoms with E-state index in [1.807, 2.05) is 13.8 Å². The van der Waals surface area contributed by atoms with Crippen molar-refractivity contribution in [2.75, 3.05) is 13.7 Å². The molecule has 0 bridgehead atoms. The van der Waals surface area contributed by atoms with Gasteiger partial charge in [-0.05, 0) is 18.8 Å². The SMILES string of the molecule is CC.CC/C=C/C(C)CCOC. The Hall–Kier alpha value is -0.300.